The Morgan fingerprint density at radius 2 is 1.68 bits per heavy atom. The van der Waals surface area contributed by atoms with E-state index in [-0.39, 0.29) is 18.3 Å². The first-order valence-corrected chi connectivity index (χ1v) is 8.89. The summed E-state index contributed by atoms with van der Waals surface area (Å²) in [4.78, 5) is 0. The molecule has 0 spiro atoms. The monoisotopic (exact) mass is 358 g/mol. The third-order valence-corrected chi connectivity index (χ3v) is 5.44. The van der Waals surface area contributed by atoms with E-state index in [1.54, 1.807) is 0 Å². The summed E-state index contributed by atoms with van der Waals surface area (Å²) in [5.41, 5.74) is 2.40. The normalized spacial score (nSPS) is 18.4. The second kappa shape index (κ2) is 6.67. The van der Waals surface area contributed by atoms with Crippen molar-refractivity contribution in [2.75, 3.05) is 0 Å². The minimum Gasteiger partial charge on any atom is -0.489 e. The maximum atomic E-state index is 6.12. The van der Waals surface area contributed by atoms with Gasteiger partial charge in [-0.25, -0.2) is 0 Å². The summed E-state index contributed by atoms with van der Waals surface area (Å²) >= 11 is 6.05. The molecule has 0 radical (unpaired) electrons. The summed E-state index contributed by atoms with van der Waals surface area (Å²) in [6, 6.07) is 13.8. The van der Waals surface area contributed by atoms with E-state index >= 15 is 0 Å². The average molecular weight is 359 g/mol. The van der Waals surface area contributed by atoms with E-state index in [4.69, 9.17) is 25.6 Å². The van der Waals surface area contributed by atoms with E-state index in [0.717, 1.165) is 27.4 Å². The zero-order valence-corrected chi connectivity index (χ0v) is 16.2. The first-order chi connectivity index (χ1) is 11.7. The fourth-order valence-electron chi connectivity index (χ4n) is 2.68. The first-order valence-electron chi connectivity index (χ1n) is 8.51. The Morgan fingerprint density at radius 3 is 2.32 bits per heavy atom. The van der Waals surface area contributed by atoms with Crippen LogP contribution in [0.4, 0.5) is 0 Å². The number of aryl methyl sites for hydroxylation is 1. The van der Waals surface area contributed by atoms with Crippen LogP contribution < -0.4 is 10.2 Å². The topological polar surface area (TPSA) is 27.7 Å². The van der Waals surface area contributed by atoms with Gasteiger partial charge in [0.15, 0.2) is 0 Å². The van der Waals surface area contributed by atoms with Crippen molar-refractivity contribution in [1.29, 1.82) is 0 Å². The third-order valence-electron chi connectivity index (χ3n) is 5.01. The molecule has 0 amide bonds. The van der Waals surface area contributed by atoms with E-state index in [9.17, 15) is 0 Å². The summed E-state index contributed by atoms with van der Waals surface area (Å²) in [6.07, 6.45) is 0. The molecule has 132 valence electrons. The molecule has 5 heteroatoms. The zero-order valence-electron chi connectivity index (χ0n) is 15.4. The Bertz CT molecular complexity index is 757. The van der Waals surface area contributed by atoms with Gasteiger partial charge in [0.2, 0.25) is 0 Å². The van der Waals surface area contributed by atoms with Gasteiger partial charge in [0, 0.05) is 5.02 Å². The Morgan fingerprint density at radius 1 is 1.00 bits per heavy atom. The molecule has 25 heavy (non-hydrogen) atoms. The molecule has 0 aliphatic carbocycles. The summed E-state index contributed by atoms with van der Waals surface area (Å²) in [7, 11) is -0.359. The van der Waals surface area contributed by atoms with Crippen molar-refractivity contribution in [3.8, 4) is 5.75 Å². The lowest BCUT2D eigenvalue weighted by Gasteiger charge is -2.32. The Kier molecular flexibility index (Phi) is 4.89. The smallest absolute Gasteiger partial charge is 0.489 e. The lowest BCUT2D eigenvalue weighted by molar-refractivity contribution is 0.00578. The summed E-state index contributed by atoms with van der Waals surface area (Å²) in [6.45, 7) is 10.7. The molecular formula is C20H24BClO3. The van der Waals surface area contributed by atoms with Crippen molar-refractivity contribution in [3.05, 3.63) is 58.6 Å². The minimum absolute atomic E-state index is 0.342. The van der Waals surface area contributed by atoms with Gasteiger partial charge in [-0.15, -0.1) is 0 Å². The zero-order chi connectivity index (χ0) is 18.2. The predicted octanol–water partition coefficient (Wildman–Crippen LogP) is 4.53. The van der Waals surface area contributed by atoms with E-state index in [0.29, 0.717) is 6.61 Å². The fourth-order valence-corrected chi connectivity index (χ4v) is 2.80. The first kappa shape index (κ1) is 18.3. The molecular weight excluding hydrogens is 334 g/mol. The highest BCUT2D eigenvalue weighted by Gasteiger charge is 2.51. The van der Waals surface area contributed by atoms with Crippen LogP contribution >= 0.6 is 11.6 Å². The molecule has 3 rings (SSSR count). The number of hydrogen-bond donors (Lipinski definition) is 0. The van der Waals surface area contributed by atoms with Crippen molar-refractivity contribution in [1.82, 2.24) is 0 Å². The van der Waals surface area contributed by atoms with Crippen LogP contribution in [0.2, 0.25) is 5.02 Å². The molecule has 3 nitrogen and oxygen atoms in total. The maximum absolute atomic E-state index is 6.12. The molecule has 1 saturated heterocycles. The molecule has 0 bridgehead atoms. The number of benzene rings is 2. The highest BCUT2D eigenvalue weighted by Crippen LogP contribution is 2.36. The van der Waals surface area contributed by atoms with Crippen LogP contribution in [-0.2, 0) is 15.9 Å². The van der Waals surface area contributed by atoms with Gasteiger partial charge in [0.25, 0.3) is 0 Å². The molecule has 0 N–H and O–H groups in total. The van der Waals surface area contributed by atoms with Gasteiger partial charge < -0.3 is 14.0 Å². The van der Waals surface area contributed by atoms with Crippen LogP contribution in [0.25, 0.3) is 0 Å². The van der Waals surface area contributed by atoms with E-state index < -0.39 is 0 Å². The van der Waals surface area contributed by atoms with Crippen molar-refractivity contribution in [2.45, 2.75) is 52.4 Å². The van der Waals surface area contributed by atoms with Gasteiger partial charge in [0.05, 0.1) is 11.2 Å². The quantitative estimate of drug-likeness (QED) is 0.752. The Labute approximate surface area is 155 Å². The molecule has 0 unspecified atom stereocenters. The molecule has 0 atom stereocenters. The second-order valence-corrected chi connectivity index (χ2v) is 7.94. The van der Waals surface area contributed by atoms with Crippen molar-refractivity contribution in [3.63, 3.8) is 0 Å². The highest BCUT2D eigenvalue weighted by atomic mass is 35.5. The Hall–Kier alpha value is -1.49. The van der Waals surface area contributed by atoms with E-state index in [1.807, 2.05) is 43.3 Å². The lowest BCUT2D eigenvalue weighted by Crippen LogP contribution is -2.41. The van der Waals surface area contributed by atoms with Crippen LogP contribution in [-0.4, -0.2) is 18.3 Å². The third kappa shape index (κ3) is 3.86. The van der Waals surface area contributed by atoms with Crippen LogP contribution in [0.5, 0.6) is 5.75 Å². The van der Waals surface area contributed by atoms with Crippen molar-refractivity contribution >= 4 is 24.2 Å². The van der Waals surface area contributed by atoms with Gasteiger partial charge in [-0.2, -0.15) is 0 Å². The molecule has 0 saturated carbocycles. The Balaban J connectivity index is 1.71. The van der Waals surface area contributed by atoms with Crippen LogP contribution in [0.3, 0.4) is 0 Å². The molecule has 1 aliphatic heterocycles. The van der Waals surface area contributed by atoms with Gasteiger partial charge in [-0.3, -0.25) is 0 Å². The summed E-state index contributed by atoms with van der Waals surface area (Å²) < 4.78 is 18.1. The van der Waals surface area contributed by atoms with Crippen LogP contribution in [0.1, 0.15) is 38.8 Å². The predicted molar refractivity (Wildman–Crippen MR) is 103 cm³/mol. The van der Waals surface area contributed by atoms with Crippen molar-refractivity contribution in [2.24, 2.45) is 0 Å². The number of halogens is 1. The largest absolute Gasteiger partial charge is 0.494 e. The van der Waals surface area contributed by atoms with Crippen LogP contribution in [0, 0.1) is 6.92 Å². The van der Waals surface area contributed by atoms with Gasteiger partial charge >= 0.3 is 7.12 Å². The number of rotatable bonds is 4. The standard InChI is InChI=1S/C20H24BClO3/c1-14-11-17(9-10-18(14)22)23-13-15-7-6-8-16(12-15)21-24-19(2,3)20(4,5)25-21/h6-12H,13H2,1-5H3. The maximum Gasteiger partial charge on any atom is 0.494 e. The minimum atomic E-state index is -0.359. The van der Waals surface area contributed by atoms with Gasteiger partial charge in [0.1, 0.15) is 12.4 Å². The molecule has 1 aliphatic rings. The van der Waals surface area contributed by atoms with E-state index in [1.165, 1.54) is 0 Å². The average Bonchev–Trinajstić information content (AvgIpc) is 2.77. The number of ether oxygens (including phenoxy) is 1. The van der Waals surface area contributed by atoms with Crippen LogP contribution in [0.15, 0.2) is 42.5 Å². The highest BCUT2D eigenvalue weighted by molar-refractivity contribution is 6.62. The fraction of sp³-hybridized carbons (Fsp3) is 0.400. The van der Waals surface area contributed by atoms with Gasteiger partial charge in [-0.05, 0) is 69.4 Å². The van der Waals surface area contributed by atoms with Gasteiger partial charge in [-0.1, -0.05) is 35.9 Å². The number of hydrogen-bond acceptors (Lipinski definition) is 3. The summed E-state index contributed by atoms with van der Waals surface area (Å²) in [5.74, 6) is 0.808. The lowest BCUT2D eigenvalue weighted by atomic mass is 9.78. The van der Waals surface area contributed by atoms with E-state index in [2.05, 4.69) is 33.8 Å². The molecule has 2 aromatic rings. The van der Waals surface area contributed by atoms with Crippen molar-refractivity contribution < 1.29 is 14.0 Å². The second-order valence-electron chi connectivity index (χ2n) is 7.53. The molecule has 1 heterocycles. The SMILES string of the molecule is Cc1cc(OCc2cccc(B3OC(C)(C)C(C)(C)O3)c2)ccc1Cl. The molecule has 1 fully saturated rings. The summed E-state index contributed by atoms with van der Waals surface area (Å²) in [5, 5.41) is 0.745. The molecule has 0 aromatic heterocycles. The molecule has 2 aromatic carbocycles.